The van der Waals surface area contributed by atoms with E-state index in [0.29, 0.717) is 18.2 Å². The Morgan fingerprint density at radius 1 is 1.21 bits per heavy atom. The van der Waals surface area contributed by atoms with Crippen LogP contribution in [-0.2, 0) is 11.2 Å². The monoisotopic (exact) mass is 303 g/mol. The first-order chi connectivity index (χ1) is 9.17. The quantitative estimate of drug-likeness (QED) is 0.711. The van der Waals surface area contributed by atoms with Crippen molar-refractivity contribution in [2.75, 3.05) is 29.7 Å². The number of carboxylic acids is 1. The first-order valence-corrected chi connectivity index (χ1v) is 7.42. The van der Waals surface area contributed by atoms with Gasteiger partial charge in [-0.05, 0) is 30.5 Å². The van der Waals surface area contributed by atoms with Gasteiger partial charge in [0.05, 0.1) is 0 Å². The van der Waals surface area contributed by atoms with Crippen molar-refractivity contribution in [3.05, 3.63) is 29.8 Å². The molecule has 1 N–H and O–H groups in total. The number of aliphatic carboxylic acids is 1. The second-order valence-corrected chi connectivity index (χ2v) is 5.04. The van der Waals surface area contributed by atoms with Crippen molar-refractivity contribution in [1.82, 2.24) is 0 Å². The Kier molecular flexibility index (Phi) is 7.68. The second-order valence-electron chi connectivity index (χ2n) is 4.28. The summed E-state index contributed by atoms with van der Waals surface area (Å²) in [6.07, 6.45) is 1.64. The van der Waals surface area contributed by atoms with E-state index in [1.165, 1.54) is 0 Å². The van der Waals surface area contributed by atoms with E-state index in [2.05, 4.69) is 11.0 Å². The highest BCUT2D eigenvalue weighted by Crippen LogP contribution is 2.18. The van der Waals surface area contributed by atoms with Crippen LogP contribution in [0.25, 0.3) is 0 Å². The predicted molar refractivity (Wildman–Crippen MR) is 80.7 cm³/mol. The Balaban J connectivity index is 2.65. The van der Waals surface area contributed by atoms with E-state index in [1.807, 2.05) is 18.2 Å². The van der Waals surface area contributed by atoms with Gasteiger partial charge in [-0.25, -0.2) is 0 Å². The summed E-state index contributed by atoms with van der Waals surface area (Å²) in [5.41, 5.74) is 2.24. The fourth-order valence-corrected chi connectivity index (χ4v) is 2.33. The van der Waals surface area contributed by atoms with Gasteiger partial charge in [0.2, 0.25) is 0 Å². The van der Waals surface area contributed by atoms with Gasteiger partial charge in [0.1, 0.15) is 0 Å². The average Bonchev–Trinajstić information content (AvgIpc) is 2.38. The Hall–Kier alpha value is -0.930. The molecular formula is C14H19Cl2NO2. The summed E-state index contributed by atoms with van der Waals surface area (Å²) >= 11 is 11.6. The molecule has 0 atom stereocenters. The lowest BCUT2D eigenvalue weighted by molar-refractivity contribution is -0.137. The van der Waals surface area contributed by atoms with E-state index >= 15 is 0 Å². The summed E-state index contributed by atoms with van der Waals surface area (Å²) in [6.45, 7) is 1.51. The van der Waals surface area contributed by atoms with Gasteiger partial charge in [-0.15, -0.1) is 23.2 Å². The normalized spacial score (nSPS) is 10.4. The molecule has 3 nitrogen and oxygen atoms in total. The first kappa shape index (κ1) is 16.1. The van der Waals surface area contributed by atoms with Crippen LogP contribution < -0.4 is 4.90 Å². The van der Waals surface area contributed by atoms with Crippen LogP contribution in [0.3, 0.4) is 0 Å². The molecule has 106 valence electrons. The molecule has 0 amide bonds. The Bertz CT molecular complexity index is 393. The molecule has 0 aromatic heterocycles. The van der Waals surface area contributed by atoms with Crippen molar-refractivity contribution < 1.29 is 9.90 Å². The molecule has 5 heteroatoms. The first-order valence-electron chi connectivity index (χ1n) is 6.35. The summed E-state index contributed by atoms with van der Waals surface area (Å²) in [6, 6.07) is 8.12. The molecule has 0 saturated heterocycles. The molecule has 1 aromatic carbocycles. The van der Waals surface area contributed by atoms with Gasteiger partial charge in [-0.3, -0.25) is 4.79 Å². The molecule has 0 bridgehead atoms. The van der Waals surface area contributed by atoms with Crippen molar-refractivity contribution >= 4 is 34.9 Å². The molecule has 0 aliphatic carbocycles. The summed E-state index contributed by atoms with van der Waals surface area (Å²) < 4.78 is 0. The number of hydrogen-bond donors (Lipinski definition) is 1. The molecular weight excluding hydrogens is 285 g/mol. The smallest absolute Gasteiger partial charge is 0.303 e. The largest absolute Gasteiger partial charge is 0.481 e. The van der Waals surface area contributed by atoms with Crippen LogP contribution in [0.5, 0.6) is 0 Å². The van der Waals surface area contributed by atoms with Crippen LogP contribution in [0.15, 0.2) is 24.3 Å². The van der Waals surface area contributed by atoms with Crippen molar-refractivity contribution in [3.8, 4) is 0 Å². The summed E-state index contributed by atoms with van der Waals surface area (Å²) in [7, 11) is 0. The molecule has 0 aliphatic rings. The van der Waals surface area contributed by atoms with Crippen LogP contribution in [0.1, 0.15) is 18.4 Å². The molecule has 0 aliphatic heterocycles. The minimum absolute atomic E-state index is 0.206. The van der Waals surface area contributed by atoms with Crippen LogP contribution in [0, 0.1) is 0 Å². The lowest BCUT2D eigenvalue weighted by atomic mass is 10.1. The number of hydrogen-bond acceptors (Lipinski definition) is 2. The standard InChI is InChI=1S/C14H19Cl2NO2/c15-7-9-17(10-8-16)13-5-1-3-12(11-13)4-2-6-14(18)19/h1,3,5,11H,2,4,6-10H2,(H,18,19). The highest BCUT2D eigenvalue weighted by atomic mass is 35.5. The molecule has 0 heterocycles. The Morgan fingerprint density at radius 3 is 2.47 bits per heavy atom. The lowest BCUT2D eigenvalue weighted by Crippen LogP contribution is -2.27. The molecule has 1 rings (SSSR count). The zero-order chi connectivity index (χ0) is 14.1. The average molecular weight is 304 g/mol. The number of halogens is 2. The second kappa shape index (κ2) is 9.05. The van der Waals surface area contributed by atoms with E-state index in [0.717, 1.165) is 30.8 Å². The van der Waals surface area contributed by atoms with Crippen LogP contribution in [0.2, 0.25) is 0 Å². The van der Waals surface area contributed by atoms with E-state index in [4.69, 9.17) is 28.3 Å². The van der Waals surface area contributed by atoms with Crippen molar-refractivity contribution in [2.45, 2.75) is 19.3 Å². The molecule has 0 unspecified atom stereocenters. The van der Waals surface area contributed by atoms with Crippen LogP contribution in [-0.4, -0.2) is 35.9 Å². The molecule has 1 aromatic rings. The van der Waals surface area contributed by atoms with Gasteiger partial charge in [0.25, 0.3) is 0 Å². The lowest BCUT2D eigenvalue weighted by Gasteiger charge is -2.23. The third-order valence-corrected chi connectivity index (χ3v) is 3.18. The summed E-state index contributed by atoms with van der Waals surface area (Å²) in [5, 5.41) is 8.64. The van der Waals surface area contributed by atoms with Gasteiger partial charge >= 0.3 is 5.97 Å². The summed E-state index contributed by atoms with van der Waals surface area (Å²) in [4.78, 5) is 12.6. The highest BCUT2D eigenvalue weighted by Gasteiger charge is 2.06. The molecule has 0 spiro atoms. The number of nitrogens with zero attached hydrogens (tertiary/aromatic N) is 1. The maximum Gasteiger partial charge on any atom is 0.303 e. The van der Waals surface area contributed by atoms with Crippen molar-refractivity contribution in [2.24, 2.45) is 0 Å². The zero-order valence-corrected chi connectivity index (χ0v) is 12.3. The maximum atomic E-state index is 10.5. The van der Waals surface area contributed by atoms with E-state index in [1.54, 1.807) is 0 Å². The Morgan fingerprint density at radius 2 is 1.89 bits per heavy atom. The third-order valence-electron chi connectivity index (χ3n) is 2.84. The van der Waals surface area contributed by atoms with Gasteiger partial charge in [0, 0.05) is 37.0 Å². The topological polar surface area (TPSA) is 40.5 Å². The fraction of sp³-hybridized carbons (Fsp3) is 0.500. The van der Waals surface area contributed by atoms with Crippen molar-refractivity contribution in [3.63, 3.8) is 0 Å². The van der Waals surface area contributed by atoms with Gasteiger partial charge in [-0.1, -0.05) is 12.1 Å². The van der Waals surface area contributed by atoms with Crippen molar-refractivity contribution in [1.29, 1.82) is 0 Å². The van der Waals surface area contributed by atoms with E-state index < -0.39 is 5.97 Å². The number of carboxylic acid groups (broad SMARTS) is 1. The number of benzene rings is 1. The molecule has 0 saturated carbocycles. The SMILES string of the molecule is O=C(O)CCCc1cccc(N(CCCl)CCCl)c1. The number of aryl methyl sites for hydroxylation is 1. The molecule has 0 fully saturated rings. The van der Waals surface area contributed by atoms with E-state index in [-0.39, 0.29) is 6.42 Å². The fourth-order valence-electron chi connectivity index (χ4n) is 1.93. The Labute approximate surface area is 124 Å². The van der Waals surface area contributed by atoms with E-state index in [9.17, 15) is 4.79 Å². The minimum atomic E-state index is -0.748. The number of anilines is 1. The van der Waals surface area contributed by atoms with Crippen LogP contribution >= 0.6 is 23.2 Å². The minimum Gasteiger partial charge on any atom is -0.481 e. The number of carbonyl (C=O) groups is 1. The summed E-state index contributed by atoms with van der Waals surface area (Å²) in [5.74, 6) is 0.363. The highest BCUT2D eigenvalue weighted by molar-refractivity contribution is 6.18. The van der Waals surface area contributed by atoms with Gasteiger partial charge in [0.15, 0.2) is 0 Å². The van der Waals surface area contributed by atoms with Crippen LogP contribution in [0.4, 0.5) is 5.69 Å². The zero-order valence-electron chi connectivity index (χ0n) is 10.8. The van der Waals surface area contributed by atoms with Gasteiger partial charge in [-0.2, -0.15) is 0 Å². The van der Waals surface area contributed by atoms with Gasteiger partial charge < -0.3 is 10.0 Å². The molecule has 19 heavy (non-hydrogen) atoms. The number of alkyl halides is 2. The maximum absolute atomic E-state index is 10.5. The number of rotatable bonds is 9. The third kappa shape index (κ3) is 6.17. The molecule has 0 radical (unpaired) electrons. The predicted octanol–water partition coefficient (Wildman–Crippen LogP) is 3.38.